The van der Waals surface area contributed by atoms with Crippen molar-refractivity contribution in [3.05, 3.63) is 65.9 Å². The summed E-state index contributed by atoms with van der Waals surface area (Å²) >= 11 is 0. The van der Waals surface area contributed by atoms with Crippen molar-refractivity contribution >= 4 is 45.8 Å². The number of carbonyl (C=O) groups is 4. The minimum Gasteiger partial charge on any atom is -0.488 e. The van der Waals surface area contributed by atoms with Crippen LogP contribution in [0.25, 0.3) is 44.2 Å². The zero-order chi connectivity index (χ0) is 43.3. The number of imidazole rings is 2. The van der Waals surface area contributed by atoms with Crippen molar-refractivity contribution in [3.8, 4) is 28.1 Å². The van der Waals surface area contributed by atoms with Gasteiger partial charge in [-0.05, 0) is 78.9 Å². The summed E-state index contributed by atoms with van der Waals surface area (Å²) in [6, 6.07) is 11.4. The van der Waals surface area contributed by atoms with E-state index in [2.05, 4.69) is 31.7 Å². The van der Waals surface area contributed by atoms with Gasteiger partial charge in [-0.1, -0.05) is 32.0 Å². The fourth-order valence-electron chi connectivity index (χ4n) is 8.94. The molecule has 2 aromatic heterocycles. The zero-order valence-electron chi connectivity index (χ0n) is 35.2. The summed E-state index contributed by atoms with van der Waals surface area (Å²) in [5.74, 6) is 1.03. The predicted molar refractivity (Wildman–Crippen MR) is 223 cm³/mol. The van der Waals surface area contributed by atoms with Crippen molar-refractivity contribution in [2.75, 3.05) is 27.9 Å². The number of nitrogens with zero attached hydrogens (tertiary/aromatic N) is 4. The Labute approximate surface area is 351 Å². The maximum absolute atomic E-state index is 14.9. The number of aromatic nitrogens is 4. The Kier molecular flexibility index (Phi) is 11.3. The predicted octanol–water partition coefficient (Wildman–Crippen LogP) is 6.47. The fraction of sp³-hybridized carbons (Fsp3) is 0.455. The molecule has 7 atom stereocenters. The number of likely N-dealkylation sites (tertiary alicyclic amines) is 2. The molecule has 0 radical (unpaired) electrons. The number of methoxy groups -OCH3 is 3. The molecule has 3 aliphatic rings. The topological polar surface area (TPSA) is 193 Å². The maximum atomic E-state index is 14.9. The molecular formula is C44H51FN8O8. The van der Waals surface area contributed by atoms with Crippen LogP contribution in [0.4, 0.5) is 14.0 Å². The van der Waals surface area contributed by atoms with E-state index in [4.69, 9.17) is 23.9 Å². The Morgan fingerprint density at radius 3 is 2.36 bits per heavy atom. The molecule has 3 aromatic carbocycles. The summed E-state index contributed by atoms with van der Waals surface area (Å²) in [7, 11) is 3.91. The summed E-state index contributed by atoms with van der Waals surface area (Å²) in [5, 5.41) is 7.14. The van der Waals surface area contributed by atoms with Gasteiger partial charge in [-0.3, -0.25) is 9.59 Å². The van der Waals surface area contributed by atoms with Crippen molar-refractivity contribution < 1.29 is 42.5 Å². The third kappa shape index (κ3) is 7.70. The van der Waals surface area contributed by atoms with Gasteiger partial charge in [-0.25, -0.2) is 23.9 Å². The Balaban J connectivity index is 1.04. The molecule has 7 unspecified atom stereocenters. The molecule has 4 N–H and O–H groups in total. The molecule has 3 aliphatic heterocycles. The molecule has 5 heterocycles. The van der Waals surface area contributed by atoms with Crippen LogP contribution >= 0.6 is 0 Å². The quantitative estimate of drug-likeness (QED) is 0.121. The van der Waals surface area contributed by atoms with Crippen LogP contribution in [0, 0.1) is 5.92 Å². The lowest BCUT2D eigenvalue weighted by atomic mass is 9.92. The van der Waals surface area contributed by atoms with Gasteiger partial charge in [0.1, 0.15) is 42.3 Å². The van der Waals surface area contributed by atoms with Gasteiger partial charge in [0.05, 0.1) is 61.9 Å². The monoisotopic (exact) mass is 838 g/mol. The van der Waals surface area contributed by atoms with Gasteiger partial charge in [0.15, 0.2) is 0 Å². The molecular weight excluding hydrogens is 788 g/mol. The zero-order valence-corrected chi connectivity index (χ0v) is 35.2. The first-order chi connectivity index (χ1) is 29.3. The number of alkyl halides is 1. The summed E-state index contributed by atoms with van der Waals surface area (Å²) in [6.45, 7) is 7.62. The van der Waals surface area contributed by atoms with Gasteiger partial charge in [0, 0.05) is 30.5 Å². The first-order valence-corrected chi connectivity index (χ1v) is 20.6. The fourth-order valence-corrected chi connectivity index (χ4v) is 8.94. The second kappa shape index (κ2) is 16.7. The van der Waals surface area contributed by atoms with Gasteiger partial charge in [0.25, 0.3) is 0 Å². The van der Waals surface area contributed by atoms with E-state index in [0.29, 0.717) is 23.9 Å². The van der Waals surface area contributed by atoms with Gasteiger partial charge in [0.2, 0.25) is 11.8 Å². The number of hydrogen-bond acceptors (Lipinski definition) is 10. The molecule has 17 heteroatoms. The second-order valence-corrected chi connectivity index (χ2v) is 16.4. The van der Waals surface area contributed by atoms with E-state index in [9.17, 15) is 23.6 Å². The first-order valence-electron chi connectivity index (χ1n) is 20.6. The Bertz CT molecular complexity index is 2500. The Hall–Kier alpha value is -6.23. The lowest BCUT2D eigenvalue weighted by Crippen LogP contribution is -2.54. The average molecular weight is 839 g/mol. The largest absolute Gasteiger partial charge is 0.488 e. The minimum atomic E-state index is -1.28. The molecule has 2 saturated heterocycles. The highest BCUT2D eigenvalue weighted by Gasteiger charge is 2.43. The van der Waals surface area contributed by atoms with E-state index in [1.165, 1.54) is 26.2 Å². The molecule has 16 nitrogen and oxygen atoms in total. The number of aromatic amines is 2. The molecule has 0 saturated carbocycles. The van der Waals surface area contributed by atoms with Gasteiger partial charge >= 0.3 is 12.2 Å². The van der Waals surface area contributed by atoms with Crippen molar-refractivity contribution in [3.63, 3.8) is 0 Å². The van der Waals surface area contributed by atoms with E-state index in [1.807, 2.05) is 62.1 Å². The molecule has 322 valence electrons. The van der Waals surface area contributed by atoms with E-state index >= 15 is 0 Å². The number of fused-ring (bicyclic) bond motifs is 6. The minimum absolute atomic E-state index is 0.0431. The number of benzene rings is 3. The number of amides is 4. The highest BCUT2D eigenvalue weighted by atomic mass is 19.1. The molecule has 4 amide bonds. The number of rotatable bonds is 10. The van der Waals surface area contributed by atoms with E-state index in [-0.39, 0.29) is 36.9 Å². The maximum Gasteiger partial charge on any atom is 0.407 e. The van der Waals surface area contributed by atoms with Crippen LogP contribution in [0.15, 0.2) is 48.7 Å². The molecule has 5 aromatic rings. The van der Waals surface area contributed by atoms with Crippen LogP contribution in [-0.4, -0.2) is 112 Å². The van der Waals surface area contributed by atoms with Crippen LogP contribution < -0.4 is 15.4 Å². The summed E-state index contributed by atoms with van der Waals surface area (Å²) in [6.07, 6.45) is -0.168. The summed E-state index contributed by atoms with van der Waals surface area (Å²) in [5.41, 5.74) is 6.09. The summed E-state index contributed by atoms with van der Waals surface area (Å²) < 4.78 is 36.2. The van der Waals surface area contributed by atoms with Crippen molar-refractivity contribution in [2.45, 2.75) is 96.0 Å². The van der Waals surface area contributed by atoms with Gasteiger partial charge in [-0.2, -0.15) is 0 Å². The van der Waals surface area contributed by atoms with Crippen LogP contribution in [0.3, 0.4) is 0 Å². The van der Waals surface area contributed by atoms with Crippen LogP contribution in [0.2, 0.25) is 0 Å². The number of H-pyrrole nitrogens is 2. The van der Waals surface area contributed by atoms with E-state index < -0.39 is 48.5 Å². The molecule has 0 aliphatic carbocycles. The van der Waals surface area contributed by atoms with E-state index in [1.54, 1.807) is 13.1 Å². The highest BCUT2D eigenvalue weighted by molar-refractivity contribution is 6.07. The number of nitrogens with one attached hydrogen (secondary N) is 4. The van der Waals surface area contributed by atoms with Crippen molar-refractivity contribution in [1.82, 2.24) is 40.4 Å². The van der Waals surface area contributed by atoms with Crippen molar-refractivity contribution in [2.24, 2.45) is 5.92 Å². The number of alkyl carbamates (subject to hydrolysis) is 2. The SMILES string of the molecule is COC(=O)NC(C(=O)N1C(C)CCC1c1nc2c(ccc3cc4c(cc32)OCc2cc(-c3cnc(C5CC(F)CN5C(=O)C(NC(=O)OC)C(C)OC)[nH]3)ccc2-4)[nH]1)C(C)C. The van der Waals surface area contributed by atoms with Crippen molar-refractivity contribution in [1.29, 1.82) is 0 Å². The van der Waals surface area contributed by atoms with Gasteiger partial charge < -0.3 is 49.3 Å². The normalized spacial score (nSPS) is 21.1. The average Bonchev–Trinajstić information content (AvgIpc) is 4.08. The lowest BCUT2D eigenvalue weighted by Gasteiger charge is -2.32. The third-order valence-corrected chi connectivity index (χ3v) is 12.3. The lowest BCUT2D eigenvalue weighted by molar-refractivity contribution is -0.138. The summed E-state index contributed by atoms with van der Waals surface area (Å²) in [4.78, 5) is 71.6. The third-order valence-electron chi connectivity index (χ3n) is 12.3. The molecule has 0 bridgehead atoms. The number of halogens is 1. The van der Waals surface area contributed by atoms with Gasteiger partial charge in [-0.15, -0.1) is 0 Å². The van der Waals surface area contributed by atoms with Crippen LogP contribution in [-0.2, 0) is 30.4 Å². The standard InChI is InChI=1S/C44H51FN8O8/c1-21(2)36(50-43(56)59-6)42(55)53-22(3)8-13-33(53)40-47-31-12-10-24-15-30-28-11-9-25(14-26(28)20-61-35(30)17-29(24)38(31)49-40)32-18-46-39(48-32)34-16-27(45)19-52(34)41(54)37(23(4)58-5)51-44(57)60-7/h9-12,14-15,17-18,21-23,27,33-34,36-37H,8,13,16,19-20H2,1-7H3,(H,46,48)(H,47,49)(H,50,56)(H,51,57). The number of carbonyl (C=O) groups excluding carboxylic acids is 4. The smallest absolute Gasteiger partial charge is 0.407 e. The first kappa shape index (κ1) is 41.5. The molecule has 61 heavy (non-hydrogen) atoms. The molecule has 0 spiro atoms. The molecule has 8 rings (SSSR count). The Morgan fingerprint density at radius 1 is 0.885 bits per heavy atom. The number of hydrogen-bond donors (Lipinski definition) is 4. The van der Waals surface area contributed by atoms with Crippen LogP contribution in [0.1, 0.15) is 76.3 Å². The Morgan fingerprint density at radius 2 is 1.64 bits per heavy atom. The highest BCUT2D eigenvalue weighted by Crippen LogP contribution is 2.44. The second-order valence-electron chi connectivity index (χ2n) is 16.4. The molecule has 2 fully saturated rings. The van der Waals surface area contributed by atoms with Crippen LogP contribution in [0.5, 0.6) is 5.75 Å². The number of ether oxygens (including phenoxy) is 4. The van der Waals surface area contributed by atoms with E-state index in [0.717, 1.165) is 62.7 Å².